The average Bonchev–Trinajstić information content (AvgIpc) is 2.64. The molecule has 0 saturated carbocycles. The lowest BCUT2D eigenvalue weighted by Gasteiger charge is -1.87. The molecule has 0 aliphatic rings. The van der Waals surface area contributed by atoms with Crippen molar-refractivity contribution in [1.82, 2.24) is 9.97 Å². The number of nitrogens with zero attached hydrogens (tertiary/aromatic N) is 2. The summed E-state index contributed by atoms with van der Waals surface area (Å²) in [4.78, 5) is 9.92. The number of hydrogen-bond donors (Lipinski definition) is 0. The van der Waals surface area contributed by atoms with Crippen LogP contribution in [0.25, 0.3) is 0 Å². The van der Waals surface area contributed by atoms with E-state index in [4.69, 9.17) is 0 Å². The molecule has 2 aromatic heterocycles. The molecule has 13 heavy (non-hydrogen) atoms. The fraction of sp³-hybridized carbons (Fsp3) is 0.250. The second-order valence-electron chi connectivity index (χ2n) is 2.52. The van der Waals surface area contributed by atoms with E-state index < -0.39 is 0 Å². The van der Waals surface area contributed by atoms with Gasteiger partial charge in [-0.2, -0.15) is 0 Å². The number of hydrogen-bond acceptors (Lipinski definition) is 5. The lowest BCUT2D eigenvalue weighted by atomic mass is 10.4. The fourth-order valence-corrected chi connectivity index (χ4v) is 3.80. The van der Waals surface area contributed by atoms with Gasteiger partial charge in [-0.25, -0.2) is 9.97 Å². The molecule has 0 amide bonds. The zero-order chi connectivity index (χ0) is 9.26. The first-order valence-corrected chi connectivity index (χ1v) is 6.28. The Kier molecular flexibility index (Phi) is 2.66. The van der Waals surface area contributed by atoms with Crippen LogP contribution in [0.3, 0.4) is 0 Å². The monoisotopic (exact) mass is 228 g/mol. The molecular weight excluding hydrogens is 220 g/mol. The van der Waals surface area contributed by atoms with Crippen LogP contribution in [0.4, 0.5) is 0 Å². The highest BCUT2D eigenvalue weighted by atomic mass is 32.2. The van der Waals surface area contributed by atoms with E-state index >= 15 is 0 Å². The summed E-state index contributed by atoms with van der Waals surface area (Å²) >= 11 is 5.03. The van der Waals surface area contributed by atoms with Crippen molar-refractivity contribution in [2.24, 2.45) is 0 Å². The molecule has 0 bridgehead atoms. The van der Waals surface area contributed by atoms with E-state index in [1.807, 2.05) is 18.5 Å². The van der Waals surface area contributed by atoms with Crippen LogP contribution in [0.15, 0.2) is 20.3 Å². The molecule has 0 fully saturated rings. The maximum Gasteiger partial charge on any atom is 0.157 e. The van der Waals surface area contributed by atoms with Gasteiger partial charge in [0.25, 0.3) is 0 Å². The van der Waals surface area contributed by atoms with Crippen LogP contribution < -0.4 is 0 Å². The minimum absolute atomic E-state index is 1.06. The summed E-state index contributed by atoms with van der Waals surface area (Å²) < 4.78 is 2.15. The molecule has 0 N–H and O–H groups in total. The summed E-state index contributed by atoms with van der Waals surface area (Å²) in [5, 5.41) is 1.98. The Balaban J connectivity index is 2.19. The van der Waals surface area contributed by atoms with Gasteiger partial charge in [0.2, 0.25) is 0 Å². The Bertz CT molecular complexity index is 372. The van der Waals surface area contributed by atoms with Gasteiger partial charge in [0.05, 0.1) is 5.69 Å². The van der Waals surface area contributed by atoms with Gasteiger partial charge in [-0.05, 0) is 25.6 Å². The molecule has 2 rings (SSSR count). The van der Waals surface area contributed by atoms with Crippen LogP contribution >= 0.6 is 34.4 Å². The van der Waals surface area contributed by atoms with Crippen LogP contribution in [0.2, 0.25) is 0 Å². The van der Waals surface area contributed by atoms with Crippen molar-refractivity contribution in [3.8, 4) is 0 Å². The SMILES string of the molecule is Cc1nc(Sc2nccs2)sc1C. The number of aromatic nitrogens is 2. The van der Waals surface area contributed by atoms with Crippen molar-refractivity contribution in [3.63, 3.8) is 0 Å². The first-order chi connectivity index (χ1) is 6.25. The highest BCUT2D eigenvalue weighted by Crippen LogP contribution is 2.33. The van der Waals surface area contributed by atoms with E-state index in [-0.39, 0.29) is 0 Å². The van der Waals surface area contributed by atoms with Gasteiger partial charge in [-0.3, -0.25) is 0 Å². The van der Waals surface area contributed by atoms with Gasteiger partial charge in [-0.1, -0.05) is 0 Å². The first kappa shape index (κ1) is 9.18. The Morgan fingerprint density at radius 3 is 2.69 bits per heavy atom. The predicted molar refractivity (Wildman–Crippen MR) is 57.8 cm³/mol. The number of thiazole rings is 2. The topological polar surface area (TPSA) is 25.8 Å². The van der Waals surface area contributed by atoms with Gasteiger partial charge >= 0.3 is 0 Å². The van der Waals surface area contributed by atoms with Gasteiger partial charge in [0.1, 0.15) is 0 Å². The molecule has 0 aliphatic carbocycles. The Hall–Kier alpha value is -0.390. The molecule has 0 aromatic carbocycles. The van der Waals surface area contributed by atoms with Gasteiger partial charge in [-0.15, -0.1) is 22.7 Å². The Morgan fingerprint density at radius 1 is 1.31 bits per heavy atom. The standard InChI is InChI=1S/C8H8N2S3/c1-5-6(2)12-8(10-5)13-7-9-3-4-11-7/h3-4H,1-2H3. The van der Waals surface area contributed by atoms with Crippen LogP contribution in [0.1, 0.15) is 10.6 Å². The van der Waals surface area contributed by atoms with Gasteiger partial charge < -0.3 is 0 Å². The molecule has 2 nitrogen and oxygen atoms in total. The van der Waals surface area contributed by atoms with E-state index in [9.17, 15) is 0 Å². The van der Waals surface area contributed by atoms with E-state index in [1.54, 1.807) is 34.4 Å². The Labute approximate surface area is 89.1 Å². The zero-order valence-electron chi connectivity index (χ0n) is 7.27. The molecule has 0 saturated heterocycles. The molecule has 0 atom stereocenters. The summed E-state index contributed by atoms with van der Waals surface area (Å²) in [6.07, 6.45) is 1.82. The lowest BCUT2D eigenvalue weighted by Crippen LogP contribution is -1.72. The predicted octanol–water partition coefficient (Wildman–Crippen LogP) is 3.37. The van der Waals surface area contributed by atoms with E-state index in [1.165, 1.54) is 4.88 Å². The van der Waals surface area contributed by atoms with Crippen molar-refractivity contribution in [3.05, 3.63) is 22.1 Å². The fourth-order valence-electron chi connectivity index (χ4n) is 0.822. The molecule has 2 aromatic rings. The third-order valence-corrected chi connectivity index (χ3v) is 4.61. The van der Waals surface area contributed by atoms with Gasteiger partial charge in [0.15, 0.2) is 8.68 Å². The second-order valence-corrected chi connectivity index (χ2v) is 6.11. The normalized spacial score (nSPS) is 10.6. The van der Waals surface area contributed by atoms with Crippen molar-refractivity contribution >= 4 is 34.4 Å². The van der Waals surface area contributed by atoms with Gasteiger partial charge in [0, 0.05) is 16.5 Å². The quantitative estimate of drug-likeness (QED) is 0.788. The maximum absolute atomic E-state index is 4.43. The third-order valence-electron chi connectivity index (χ3n) is 1.59. The molecule has 0 aliphatic heterocycles. The maximum atomic E-state index is 4.43. The van der Waals surface area contributed by atoms with Crippen LogP contribution in [0, 0.1) is 13.8 Å². The van der Waals surface area contributed by atoms with Crippen molar-refractivity contribution in [2.45, 2.75) is 22.5 Å². The largest absolute Gasteiger partial charge is 0.238 e. The summed E-state index contributed by atoms with van der Waals surface area (Å²) in [6, 6.07) is 0. The first-order valence-electron chi connectivity index (χ1n) is 3.77. The van der Waals surface area contributed by atoms with Crippen LogP contribution in [-0.2, 0) is 0 Å². The molecule has 5 heteroatoms. The number of aryl methyl sites for hydroxylation is 2. The van der Waals surface area contributed by atoms with Crippen LogP contribution in [-0.4, -0.2) is 9.97 Å². The van der Waals surface area contributed by atoms with E-state index in [0.29, 0.717) is 0 Å². The summed E-state index contributed by atoms with van der Waals surface area (Å²) in [6.45, 7) is 4.14. The molecule has 0 spiro atoms. The van der Waals surface area contributed by atoms with Crippen molar-refractivity contribution in [2.75, 3.05) is 0 Å². The minimum Gasteiger partial charge on any atom is -0.238 e. The summed E-state index contributed by atoms with van der Waals surface area (Å²) in [5.41, 5.74) is 1.13. The summed E-state index contributed by atoms with van der Waals surface area (Å²) in [7, 11) is 0. The molecular formula is C8H8N2S3. The smallest absolute Gasteiger partial charge is 0.157 e. The average molecular weight is 228 g/mol. The van der Waals surface area contributed by atoms with Crippen molar-refractivity contribution in [1.29, 1.82) is 0 Å². The second kappa shape index (κ2) is 3.77. The molecule has 68 valence electrons. The number of rotatable bonds is 2. The van der Waals surface area contributed by atoms with Crippen LogP contribution in [0.5, 0.6) is 0 Å². The van der Waals surface area contributed by atoms with Crippen molar-refractivity contribution < 1.29 is 0 Å². The molecule has 0 unspecified atom stereocenters. The van der Waals surface area contributed by atoms with E-state index in [0.717, 1.165) is 14.4 Å². The van der Waals surface area contributed by atoms with E-state index in [2.05, 4.69) is 16.9 Å². The third kappa shape index (κ3) is 2.10. The lowest BCUT2D eigenvalue weighted by molar-refractivity contribution is 1.14. The zero-order valence-corrected chi connectivity index (χ0v) is 9.72. The highest BCUT2D eigenvalue weighted by Gasteiger charge is 2.06. The molecule has 2 heterocycles. The minimum atomic E-state index is 1.06. The highest BCUT2D eigenvalue weighted by molar-refractivity contribution is 8.02. The Morgan fingerprint density at radius 2 is 2.15 bits per heavy atom. The molecule has 0 radical (unpaired) electrons. The summed E-state index contributed by atoms with van der Waals surface area (Å²) in [5.74, 6) is 0.